The van der Waals surface area contributed by atoms with Crippen molar-refractivity contribution in [3.63, 3.8) is 0 Å². The molecule has 109 valence electrons. The van der Waals surface area contributed by atoms with Crippen molar-refractivity contribution in [2.24, 2.45) is 5.16 Å². The van der Waals surface area contributed by atoms with Crippen molar-refractivity contribution in [1.82, 2.24) is 0 Å². The van der Waals surface area contributed by atoms with E-state index in [9.17, 15) is 8.78 Å². The minimum Gasteiger partial charge on any atom is -0.390 e. The van der Waals surface area contributed by atoms with Gasteiger partial charge in [0.25, 0.3) is 6.43 Å². The predicted octanol–water partition coefficient (Wildman–Crippen LogP) is 4.61. The number of hydrogen-bond donors (Lipinski definition) is 0. The standard InChI is InChI=1S/C17H16F2NO/c1-2-13-4-3-5-15(10-13)11-20-21-12-14-6-8-16(9-7-14)17(18)19/h3-10,17H,2,12H2,1H3. The van der Waals surface area contributed by atoms with Crippen LogP contribution in [-0.2, 0) is 17.9 Å². The normalized spacial score (nSPS) is 11.2. The summed E-state index contributed by atoms with van der Waals surface area (Å²) < 4.78 is 24.8. The van der Waals surface area contributed by atoms with Gasteiger partial charge in [-0.2, -0.15) is 0 Å². The molecule has 2 rings (SSSR count). The number of halogens is 2. The summed E-state index contributed by atoms with van der Waals surface area (Å²) in [5.74, 6) is 0. The molecule has 0 aromatic heterocycles. The lowest BCUT2D eigenvalue weighted by molar-refractivity contribution is 0.131. The summed E-state index contributed by atoms with van der Waals surface area (Å²) >= 11 is 0. The number of rotatable bonds is 6. The van der Waals surface area contributed by atoms with E-state index in [2.05, 4.69) is 18.3 Å². The summed E-state index contributed by atoms with van der Waals surface area (Å²) in [7, 11) is 0. The van der Waals surface area contributed by atoms with Crippen LogP contribution in [0.1, 0.15) is 35.6 Å². The van der Waals surface area contributed by atoms with Crippen molar-refractivity contribution in [2.45, 2.75) is 26.4 Å². The van der Waals surface area contributed by atoms with Crippen LogP contribution in [0.2, 0.25) is 0 Å². The Kier molecular flexibility index (Phi) is 5.43. The van der Waals surface area contributed by atoms with E-state index >= 15 is 0 Å². The predicted molar refractivity (Wildman–Crippen MR) is 78.5 cm³/mol. The van der Waals surface area contributed by atoms with Gasteiger partial charge in [0.15, 0.2) is 0 Å². The zero-order valence-corrected chi connectivity index (χ0v) is 11.7. The summed E-state index contributed by atoms with van der Waals surface area (Å²) in [5.41, 5.74) is 2.85. The highest BCUT2D eigenvalue weighted by atomic mass is 19.3. The highest BCUT2D eigenvalue weighted by Crippen LogP contribution is 2.18. The highest BCUT2D eigenvalue weighted by molar-refractivity contribution is 5.79. The highest BCUT2D eigenvalue weighted by Gasteiger charge is 2.05. The van der Waals surface area contributed by atoms with Crippen LogP contribution < -0.4 is 0 Å². The van der Waals surface area contributed by atoms with Crippen LogP contribution >= 0.6 is 0 Å². The van der Waals surface area contributed by atoms with Gasteiger partial charge in [0.2, 0.25) is 0 Å². The van der Waals surface area contributed by atoms with Crippen molar-refractivity contribution < 1.29 is 13.6 Å². The molecular weight excluding hydrogens is 272 g/mol. The third-order valence-corrected chi connectivity index (χ3v) is 3.04. The van der Waals surface area contributed by atoms with Gasteiger partial charge in [0.1, 0.15) is 12.8 Å². The fraction of sp³-hybridized carbons (Fsp3) is 0.235. The number of hydrogen-bond acceptors (Lipinski definition) is 2. The van der Waals surface area contributed by atoms with Crippen LogP contribution in [0.25, 0.3) is 0 Å². The lowest BCUT2D eigenvalue weighted by Crippen LogP contribution is -1.90. The third-order valence-electron chi connectivity index (χ3n) is 3.04. The Hall–Kier alpha value is -2.23. The van der Waals surface area contributed by atoms with Crippen LogP contribution in [0.5, 0.6) is 0 Å². The Morgan fingerprint density at radius 1 is 1.10 bits per heavy atom. The topological polar surface area (TPSA) is 21.6 Å². The molecule has 0 aliphatic rings. The van der Waals surface area contributed by atoms with Gasteiger partial charge < -0.3 is 4.84 Å². The molecule has 2 aromatic rings. The second-order valence-electron chi connectivity index (χ2n) is 4.57. The SMILES string of the molecule is CCc1cccc(/[C]=N\OCc2ccc(C(F)F)cc2)c1. The molecule has 0 atom stereocenters. The van der Waals surface area contributed by atoms with Crippen LogP contribution in [0.15, 0.2) is 53.7 Å². The Bertz CT molecular complexity index is 594. The molecule has 2 nitrogen and oxygen atoms in total. The van der Waals surface area contributed by atoms with E-state index in [1.54, 1.807) is 12.1 Å². The zero-order chi connectivity index (χ0) is 15.1. The first kappa shape index (κ1) is 15.2. The molecule has 0 aliphatic carbocycles. The van der Waals surface area contributed by atoms with Crippen LogP contribution in [0.4, 0.5) is 8.78 Å². The van der Waals surface area contributed by atoms with Gasteiger partial charge >= 0.3 is 0 Å². The molecule has 0 saturated carbocycles. The number of aryl methyl sites for hydroxylation is 1. The van der Waals surface area contributed by atoms with Gasteiger partial charge in [0, 0.05) is 11.1 Å². The van der Waals surface area contributed by atoms with Crippen molar-refractivity contribution in [1.29, 1.82) is 0 Å². The summed E-state index contributed by atoms with van der Waals surface area (Å²) in [6.45, 7) is 2.31. The molecule has 0 heterocycles. The second kappa shape index (κ2) is 7.53. The summed E-state index contributed by atoms with van der Waals surface area (Å²) in [6, 6.07) is 13.9. The Balaban J connectivity index is 1.87. The van der Waals surface area contributed by atoms with Crippen LogP contribution in [0.3, 0.4) is 0 Å². The molecule has 1 radical (unpaired) electrons. The monoisotopic (exact) mass is 288 g/mol. The van der Waals surface area contributed by atoms with Crippen LogP contribution in [0, 0.1) is 0 Å². The summed E-state index contributed by atoms with van der Waals surface area (Å²) in [4.78, 5) is 5.12. The maximum Gasteiger partial charge on any atom is 0.263 e. The van der Waals surface area contributed by atoms with Crippen LogP contribution in [-0.4, -0.2) is 6.21 Å². The molecule has 0 saturated heterocycles. The Labute approximate surface area is 123 Å². The molecule has 0 unspecified atom stereocenters. The molecule has 0 fully saturated rings. The van der Waals surface area contributed by atoms with E-state index in [1.165, 1.54) is 17.7 Å². The Morgan fingerprint density at radius 2 is 1.86 bits per heavy atom. The quantitative estimate of drug-likeness (QED) is 0.561. The smallest absolute Gasteiger partial charge is 0.263 e. The van der Waals surface area contributed by atoms with Crippen molar-refractivity contribution >= 4 is 6.21 Å². The van der Waals surface area contributed by atoms with Gasteiger partial charge in [-0.15, -0.1) is 0 Å². The summed E-state index contributed by atoms with van der Waals surface area (Å²) in [5, 5.41) is 3.77. The maximum atomic E-state index is 12.4. The van der Waals surface area contributed by atoms with Gasteiger partial charge in [-0.05, 0) is 23.6 Å². The average molecular weight is 288 g/mol. The van der Waals surface area contributed by atoms with Gasteiger partial charge in [-0.25, -0.2) is 8.78 Å². The number of nitrogens with zero attached hydrogens (tertiary/aromatic N) is 1. The minimum atomic E-state index is -2.45. The molecule has 0 bridgehead atoms. The van der Waals surface area contributed by atoms with E-state index < -0.39 is 6.43 Å². The van der Waals surface area contributed by atoms with E-state index in [0.717, 1.165) is 17.5 Å². The lowest BCUT2D eigenvalue weighted by atomic mass is 10.1. The second-order valence-corrected chi connectivity index (χ2v) is 4.57. The molecule has 21 heavy (non-hydrogen) atoms. The zero-order valence-electron chi connectivity index (χ0n) is 11.7. The van der Waals surface area contributed by atoms with E-state index in [-0.39, 0.29) is 12.2 Å². The summed E-state index contributed by atoms with van der Waals surface area (Å²) in [6.07, 6.45) is 1.31. The number of alkyl halides is 2. The van der Waals surface area contributed by atoms with Crippen molar-refractivity contribution in [3.8, 4) is 0 Å². The van der Waals surface area contributed by atoms with E-state index in [1.807, 2.05) is 24.3 Å². The van der Waals surface area contributed by atoms with Crippen molar-refractivity contribution in [2.75, 3.05) is 0 Å². The molecular formula is C17H16F2NO. The molecule has 0 aliphatic heterocycles. The van der Waals surface area contributed by atoms with E-state index in [0.29, 0.717) is 0 Å². The van der Waals surface area contributed by atoms with Gasteiger partial charge in [0.05, 0.1) is 0 Å². The minimum absolute atomic E-state index is 0.00481. The average Bonchev–Trinajstić information content (AvgIpc) is 2.52. The maximum absolute atomic E-state index is 12.4. The van der Waals surface area contributed by atoms with Crippen molar-refractivity contribution in [3.05, 3.63) is 70.8 Å². The first-order chi connectivity index (χ1) is 10.2. The first-order valence-corrected chi connectivity index (χ1v) is 6.73. The molecule has 2 aromatic carbocycles. The largest absolute Gasteiger partial charge is 0.390 e. The van der Waals surface area contributed by atoms with E-state index in [4.69, 9.17) is 4.84 Å². The molecule has 0 spiro atoms. The number of benzene rings is 2. The molecule has 0 amide bonds. The first-order valence-electron chi connectivity index (χ1n) is 6.73. The fourth-order valence-corrected chi connectivity index (χ4v) is 1.81. The van der Waals surface area contributed by atoms with Gasteiger partial charge in [-0.3, -0.25) is 0 Å². The molecule has 4 heteroatoms. The Morgan fingerprint density at radius 3 is 2.52 bits per heavy atom. The third kappa shape index (κ3) is 4.67. The van der Waals surface area contributed by atoms with Gasteiger partial charge in [-0.1, -0.05) is 54.5 Å². The molecule has 0 N–H and O–H groups in total. The lowest BCUT2D eigenvalue weighted by Gasteiger charge is -2.02. The fourth-order valence-electron chi connectivity index (χ4n) is 1.81.